The van der Waals surface area contributed by atoms with Gasteiger partial charge < -0.3 is 15.1 Å². The molecule has 1 atom stereocenters. The topological polar surface area (TPSA) is 35.6 Å². The number of carbonyl (C=O) groups excluding carboxylic acids is 1. The molecule has 0 bridgehead atoms. The standard InChI is InChI=1S/C17H25N3OS/c21-17-19(14-3-1-2-4-14)11-16(13-7-10-22-12-13)20(17)15-5-8-18-9-6-15/h7,10,12,14-16,18H,1-6,8-9,11H2. The quantitative estimate of drug-likeness (QED) is 0.928. The summed E-state index contributed by atoms with van der Waals surface area (Å²) in [6.45, 7) is 2.96. The Balaban J connectivity index is 1.60. The van der Waals surface area contributed by atoms with Crippen LogP contribution in [0.5, 0.6) is 0 Å². The molecule has 1 aromatic rings. The van der Waals surface area contributed by atoms with Crippen LogP contribution in [0.4, 0.5) is 4.79 Å². The first-order valence-corrected chi connectivity index (χ1v) is 9.60. The van der Waals surface area contributed by atoms with Gasteiger partial charge in [-0.3, -0.25) is 0 Å². The van der Waals surface area contributed by atoms with Crippen LogP contribution in [0.2, 0.25) is 0 Å². The number of thiophene rings is 1. The molecule has 3 heterocycles. The summed E-state index contributed by atoms with van der Waals surface area (Å²) in [6.07, 6.45) is 7.13. The lowest BCUT2D eigenvalue weighted by Crippen LogP contribution is -2.46. The zero-order valence-electron chi connectivity index (χ0n) is 13.0. The molecule has 1 aromatic heterocycles. The number of carbonyl (C=O) groups is 1. The molecule has 0 spiro atoms. The van der Waals surface area contributed by atoms with Crippen LogP contribution in [0, 0.1) is 0 Å². The van der Waals surface area contributed by atoms with Gasteiger partial charge in [0.15, 0.2) is 0 Å². The maximum Gasteiger partial charge on any atom is 0.321 e. The maximum absolute atomic E-state index is 13.1. The third-order valence-electron chi connectivity index (χ3n) is 5.57. The largest absolute Gasteiger partial charge is 0.321 e. The van der Waals surface area contributed by atoms with Crippen molar-refractivity contribution in [1.82, 2.24) is 15.1 Å². The van der Waals surface area contributed by atoms with Gasteiger partial charge in [-0.2, -0.15) is 11.3 Å². The highest BCUT2D eigenvalue weighted by atomic mass is 32.1. The smallest absolute Gasteiger partial charge is 0.319 e. The number of rotatable bonds is 3. The van der Waals surface area contributed by atoms with Gasteiger partial charge in [0.05, 0.1) is 6.04 Å². The van der Waals surface area contributed by atoms with Gasteiger partial charge in [0.2, 0.25) is 0 Å². The number of amides is 2. The van der Waals surface area contributed by atoms with E-state index in [1.807, 2.05) is 0 Å². The first-order valence-electron chi connectivity index (χ1n) is 8.66. The second-order valence-corrected chi connectivity index (χ2v) is 7.61. The van der Waals surface area contributed by atoms with Crippen molar-refractivity contribution >= 4 is 17.4 Å². The zero-order chi connectivity index (χ0) is 14.9. The molecule has 1 N–H and O–H groups in total. The normalized spacial score (nSPS) is 28.0. The average molecular weight is 319 g/mol. The van der Waals surface area contributed by atoms with Crippen LogP contribution in [0.3, 0.4) is 0 Å². The zero-order valence-corrected chi connectivity index (χ0v) is 13.9. The van der Waals surface area contributed by atoms with Crippen molar-refractivity contribution in [3.05, 3.63) is 22.4 Å². The third-order valence-corrected chi connectivity index (χ3v) is 6.27. The summed E-state index contributed by atoms with van der Waals surface area (Å²) in [7, 11) is 0. The molecular weight excluding hydrogens is 294 g/mol. The summed E-state index contributed by atoms with van der Waals surface area (Å²) in [5, 5.41) is 7.78. The molecule has 0 aromatic carbocycles. The Bertz CT molecular complexity index is 506. The lowest BCUT2D eigenvalue weighted by atomic mass is 10.0. The van der Waals surface area contributed by atoms with E-state index in [0.717, 1.165) is 32.5 Å². The molecule has 2 amide bonds. The highest BCUT2D eigenvalue weighted by Gasteiger charge is 2.45. The Hall–Kier alpha value is -1.07. The number of nitrogens with one attached hydrogen (secondary N) is 1. The predicted octanol–water partition coefficient (Wildman–Crippen LogP) is 3.22. The molecular formula is C17H25N3OS. The summed E-state index contributed by atoms with van der Waals surface area (Å²) in [4.78, 5) is 17.5. The first kappa shape index (κ1) is 14.5. The number of piperidine rings is 1. The highest BCUT2D eigenvalue weighted by Crippen LogP contribution is 2.38. The Morgan fingerprint density at radius 2 is 1.86 bits per heavy atom. The summed E-state index contributed by atoms with van der Waals surface area (Å²) in [5.41, 5.74) is 1.33. The van der Waals surface area contributed by atoms with Crippen LogP contribution < -0.4 is 5.32 Å². The predicted molar refractivity (Wildman–Crippen MR) is 89.1 cm³/mol. The molecule has 2 saturated heterocycles. The molecule has 5 heteroatoms. The molecule has 2 aliphatic heterocycles. The molecule has 1 aliphatic carbocycles. The van der Waals surface area contributed by atoms with Crippen molar-refractivity contribution in [3.8, 4) is 0 Å². The first-order chi connectivity index (χ1) is 10.8. The van der Waals surface area contributed by atoms with Crippen LogP contribution in [0.1, 0.15) is 50.1 Å². The van der Waals surface area contributed by atoms with Crippen molar-refractivity contribution in [1.29, 1.82) is 0 Å². The van der Waals surface area contributed by atoms with Crippen LogP contribution in [-0.2, 0) is 0 Å². The molecule has 1 saturated carbocycles. The summed E-state index contributed by atoms with van der Waals surface area (Å²) < 4.78 is 0. The van der Waals surface area contributed by atoms with Crippen LogP contribution in [-0.4, -0.2) is 47.5 Å². The molecule has 120 valence electrons. The van der Waals surface area contributed by atoms with E-state index in [-0.39, 0.29) is 6.04 Å². The van der Waals surface area contributed by atoms with Crippen molar-refractivity contribution in [2.24, 2.45) is 0 Å². The number of urea groups is 1. The second kappa shape index (κ2) is 6.20. The van der Waals surface area contributed by atoms with E-state index in [1.54, 1.807) is 11.3 Å². The van der Waals surface area contributed by atoms with E-state index in [2.05, 4.69) is 31.9 Å². The van der Waals surface area contributed by atoms with E-state index in [4.69, 9.17) is 0 Å². The number of hydrogen-bond donors (Lipinski definition) is 1. The van der Waals surface area contributed by atoms with Crippen LogP contribution >= 0.6 is 11.3 Å². The van der Waals surface area contributed by atoms with Crippen molar-refractivity contribution < 1.29 is 4.79 Å². The summed E-state index contributed by atoms with van der Waals surface area (Å²) >= 11 is 1.74. The average Bonchev–Trinajstić information content (AvgIpc) is 3.28. The molecule has 4 rings (SSSR count). The van der Waals surface area contributed by atoms with Gasteiger partial charge in [0, 0.05) is 18.6 Å². The lowest BCUT2D eigenvalue weighted by Gasteiger charge is -2.35. The third kappa shape index (κ3) is 2.54. The second-order valence-electron chi connectivity index (χ2n) is 6.83. The summed E-state index contributed by atoms with van der Waals surface area (Å²) in [6, 6.07) is 3.66. The van der Waals surface area contributed by atoms with Gasteiger partial charge in [0.1, 0.15) is 0 Å². The molecule has 3 aliphatic rings. The van der Waals surface area contributed by atoms with Crippen molar-refractivity contribution in [2.75, 3.05) is 19.6 Å². The van der Waals surface area contributed by atoms with E-state index in [1.165, 1.54) is 31.2 Å². The van der Waals surface area contributed by atoms with Gasteiger partial charge in [-0.1, -0.05) is 12.8 Å². The SMILES string of the molecule is O=C1N(C2CCCC2)CC(c2ccsc2)N1C1CCNCC1. The molecule has 0 radical (unpaired) electrons. The maximum atomic E-state index is 13.1. The monoisotopic (exact) mass is 319 g/mol. The van der Waals surface area contributed by atoms with Gasteiger partial charge in [-0.25, -0.2) is 4.79 Å². The van der Waals surface area contributed by atoms with E-state index in [9.17, 15) is 4.79 Å². The van der Waals surface area contributed by atoms with Gasteiger partial charge in [-0.15, -0.1) is 0 Å². The fourth-order valence-electron chi connectivity index (χ4n) is 4.38. The van der Waals surface area contributed by atoms with Gasteiger partial charge >= 0.3 is 6.03 Å². The summed E-state index contributed by atoms with van der Waals surface area (Å²) in [5.74, 6) is 0. The van der Waals surface area contributed by atoms with E-state index in [0.29, 0.717) is 18.1 Å². The Labute approximate surface area is 136 Å². The van der Waals surface area contributed by atoms with Gasteiger partial charge in [-0.05, 0) is 61.2 Å². The minimum atomic E-state index is 0.266. The van der Waals surface area contributed by atoms with E-state index < -0.39 is 0 Å². The molecule has 4 nitrogen and oxygen atoms in total. The minimum Gasteiger partial charge on any atom is -0.319 e. The Morgan fingerprint density at radius 1 is 1.09 bits per heavy atom. The number of nitrogens with zero attached hydrogens (tertiary/aromatic N) is 2. The molecule has 22 heavy (non-hydrogen) atoms. The molecule has 1 unspecified atom stereocenters. The lowest BCUT2D eigenvalue weighted by molar-refractivity contribution is 0.144. The number of hydrogen-bond acceptors (Lipinski definition) is 3. The van der Waals surface area contributed by atoms with Gasteiger partial charge in [0.25, 0.3) is 0 Å². The molecule has 3 fully saturated rings. The Morgan fingerprint density at radius 3 is 2.55 bits per heavy atom. The van der Waals surface area contributed by atoms with Crippen molar-refractivity contribution in [2.45, 2.75) is 56.7 Å². The van der Waals surface area contributed by atoms with E-state index >= 15 is 0 Å². The Kier molecular flexibility index (Phi) is 4.09. The fraction of sp³-hybridized carbons (Fsp3) is 0.706. The highest BCUT2D eigenvalue weighted by molar-refractivity contribution is 7.08. The van der Waals surface area contributed by atoms with Crippen molar-refractivity contribution in [3.63, 3.8) is 0 Å². The van der Waals surface area contributed by atoms with Crippen LogP contribution in [0.15, 0.2) is 16.8 Å². The minimum absolute atomic E-state index is 0.266. The fourth-order valence-corrected chi connectivity index (χ4v) is 5.09. The van der Waals surface area contributed by atoms with Crippen LogP contribution in [0.25, 0.3) is 0 Å².